The van der Waals surface area contributed by atoms with Crippen LogP contribution in [0.5, 0.6) is 0 Å². The number of hydrogen-bond acceptors (Lipinski definition) is 1. The van der Waals surface area contributed by atoms with Crippen molar-refractivity contribution in [3.8, 4) is 0 Å². The molecule has 2 rings (SSSR count). The van der Waals surface area contributed by atoms with Crippen molar-refractivity contribution < 1.29 is 13.2 Å². The largest absolute Gasteiger partial charge is 0.304 e. The van der Waals surface area contributed by atoms with Crippen molar-refractivity contribution in [3.63, 3.8) is 0 Å². The van der Waals surface area contributed by atoms with E-state index in [4.69, 9.17) is 0 Å². The summed E-state index contributed by atoms with van der Waals surface area (Å²) in [5, 5.41) is 3.15. The molecule has 2 atom stereocenters. The summed E-state index contributed by atoms with van der Waals surface area (Å²) in [4.78, 5) is 0. The predicted octanol–water partition coefficient (Wildman–Crippen LogP) is 4.82. The van der Waals surface area contributed by atoms with Gasteiger partial charge >= 0.3 is 0 Å². The minimum absolute atomic E-state index is 0.181. The fraction of sp³-hybridized carbons (Fsp3) is 0.294. The molecule has 0 fully saturated rings. The summed E-state index contributed by atoms with van der Waals surface area (Å²) in [6.45, 7) is 5.13. The van der Waals surface area contributed by atoms with Crippen molar-refractivity contribution in [2.24, 2.45) is 0 Å². The lowest BCUT2D eigenvalue weighted by Crippen LogP contribution is -2.23. The first-order valence-electron chi connectivity index (χ1n) is 6.85. The maximum atomic E-state index is 13.9. The summed E-state index contributed by atoms with van der Waals surface area (Å²) in [6.07, 6.45) is 0. The lowest BCUT2D eigenvalue weighted by molar-refractivity contribution is 0.467. The van der Waals surface area contributed by atoms with Crippen molar-refractivity contribution in [2.75, 3.05) is 0 Å². The molecule has 0 saturated heterocycles. The van der Waals surface area contributed by atoms with Crippen LogP contribution in [-0.4, -0.2) is 0 Å². The second-order valence-corrected chi connectivity index (χ2v) is 5.29. The van der Waals surface area contributed by atoms with Crippen molar-refractivity contribution >= 4 is 0 Å². The minimum Gasteiger partial charge on any atom is -0.304 e. The van der Waals surface area contributed by atoms with Gasteiger partial charge in [-0.2, -0.15) is 0 Å². The van der Waals surface area contributed by atoms with Crippen LogP contribution in [-0.2, 0) is 0 Å². The van der Waals surface area contributed by atoms with E-state index in [1.165, 1.54) is 31.2 Å². The molecule has 2 unspecified atom stereocenters. The molecule has 2 aromatic carbocycles. The van der Waals surface area contributed by atoms with Crippen molar-refractivity contribution in [3.05, 3.63) is 70.5 Å². The maximum Gasteiger partial charge on any atom is 0.128 e. The number of hydrogen-bond donors (Lipinski definition) is 1. The van der Waals surface area contributed by atoms with Crippen LogP contribution in [0.4, 0.5) is 13.2 Å². The Balaban J connectivity index is 2.18. The Bertz CT molecular complexity index is 640. The van der Waals surface area contributed by atoms with Crippen LogP contribution in [0.15, 0.2) is 36.4 Å². The molecule has 0 bridgehead atoms. The van der Waals surface area contributed by atoms with E-state index in [0.29, 0.717) is 0 Å². The topological polar surface area (TPSA) is 12.0 Å². The molecular formula is C17H18F3N. The second kappa shape index (κ2) is 6.31. The summed E-state index contributed by atoms with van der Waals surface area (Å²) in [5.41, 5.74) is 1.30. The monoisotopic (exact) mass is 293 g/mol. The lowest BCUT2D eigenvalue weighted by atomic mass is 10.0. The van der Waals surface area contributed by atoms with Gasteiger partial charge in [-0.25, -0.2) is 13.2 Å². The number of aryl methyl sites for hydroxylation is 1. The average Bonchev–Trinajstić information content (AvgIpc) is 2.42. The number of nitrogens with one attached hydrogen (secondary N) is 1. The molecule has 0 heterocycles. The smallest absolute Gasteiger partial charge is 0.128 e. The normalized spacial score (nSPS) is 14.0. The summed E-state index contributed by atoms with van der Waals surface area (Å²) >= 11 is 0. The van der Waals surface area contributed by atoms with Gasteiger partial charge in [0.1, 0.15) is 17.5 Å². The van der Waals surface area contributed by atoms with Gasteiger partial charge in [0.2, 0.25) is 0 Å². The molecule has 4 heteroatoms. The van der Waals surface area contributed by atoms with Gasteiger partial charge in [-0.05, 0) is 56.2 Å². The van der Waals surface area contributed by atoms with Gasteiger partial charge in [-0.1, -0.05) is 12.1 Å². The Hall–Kier alpha value is -1.81. The molecule has 21 heavy (non-hydrogen) atoms. The van der Waals surface area contributed by atoms with Gasteiger partial charge in [-0.15, -0.1) is 0 Å². The molecule has 112 valence electrons. The second-order valence-electron chi connectivity index (χ2n) is 5.29. The zero-order valence-electron chi connectivity index (χ0n) is 12.3. The highest BCUT2D eigenvalue weighted by Crippen LogP contribution is 2.24. The first-order chi connectivity index (χ1) is 9.88. The van der Waals surface area contributed by atoms with Gasteiger partial charge in [0, 0.05) is 17.6 Å². The Morgan fingerprint density at radius 2 is 1.62 bits per heavy atom. The highest BCUT2D eigenvalue weighted by atomic mass is 19.1. The maximum absolute atomic E-state index is 13.9. The summed E-state index contributed by atoms with van der Waals surface area (Å²) < 4.78 is 40.7. The van der Waals surface area contributed by atoms with Crippen LogP contribution in [0.25, 0.3) is 0 Å². The molecule has 0 spiro atoms. The molecule has 1 nitrogen and oxygen atoms in total. The van der Waals surface area contributed by atoms with Gasteiger partial charge < -0.3 is 5.32 Å². The van der Waals surface area contributed by atoms with Crippen molar-refractivity contribution in [1.82, 2.24) is 5.32 Å². The highest BCUT2D eigenvalue weighted by Gasteiger charge is 2.16. The van der Waals surface area contributed by atoms with E-state index in [-0.39, 0.29) is 23.0 Å². The van der Waals surface area contributed by atoms with Gasteiger partial charge in [0.15, 0.2) is 0 Å². The summed E-state index contributed by atoms with van der Waals surface area (Å²) in [5.74, 6) is -1.19. The van der Waals surface area contributed by atoms with E-state index < -0.39 is 17.7 Å². The van der Waals surface area contributed by atoms with E-state index in [1.807, 2.05) is 6.92 Å². The van der Waals surface area contributed by atoms with Crippen LogP contribution in [0.2, 0.25) is 0 Å². The first kappa shape index (κ1) is 15.6. The Morgan fingerprint density at radius 3 is 2.29 bits per heavy atom. The van der Waals surface area contributed by atoms with E-state index >= 15 is 0 Å². The third-order valence-electron chi connectivity index (χ3n) is 3.59. The molecule has 0 saturated carbocycles. The third-order valence-corrected chi connectivity index (χ3v) is 3.59. The minimum atomic E-state index is -0.444. The van der Waals surface area contributed by atoms with Crippen LogP contribution in [0.1, 0.15) is 42.6 Å². The molecule has 0 aliphatic carbocycles. The SMILES string of the molecule is Cc1cc(F)c(C(C)NC(C)c2cccc(F)c2)cc1F. The zero-order valence-corrected chi connectivity index (χ0v) is 12.3. The molecule has 0 aromatic heterocycles. The fourth-order valence-corrected chi connectivity index (χ4v) is 2.33. The molecule has 0 radical (unpaired) electrons. The lowest BCUT2D eigenvalue weighted by Gasteiger charge is -2.21. The Labute approximate surface area is 122 Å². The molecule has 2 aromatic rings. The third kappa shape index (κ3) is 3.64. The van der Waals surface area contributed by atoms with Gasteiger partial charge in [0.25, 0.3) is 0 Å². The predicted molar refractivity (Wildman–Crippen MR) is 77.5 cm³/mol. The Kier molecular flexibility index (Phi) is 4.68. The zero-order chi connectivity index (χ0) is 15.6. The van der Waals surface area contributed by atoms with Gasteiger partial charge in [-0.3, -0.25) is 0 Å². The van der Waals surface area contributed by atoms with Crippen LogP contribution < -0.4 is 5.32 Å². The number of rotatable bonds is 4. The van der Waals surface area contributed by atoms with E-state index in [0.717, 1.165) is 5.56 Å². The van der Waals surface area contributed by atoms with Crippen LogP contribution >= 0.6 is 0 Å². The quantitative estimate of drug-likeness (QED) is 0.852. The highest BCUT2D eigenvalue weighted by molar-refractivity contribution is 5.28. The van der Waals surface area contributed by atoms with Gasteiger partial charge in [0.05, 0.1) is 0 Å². The average molecular weight is 293 g/mol. The van der Waals surface area contributed by atoms with Crippen molar-refractivity contribution in [1.29, 1.82) is 0 Å². The van der Waals surface area contributed by atoms with E-state index in [1.54, 1.807) is 19.1 Å². The van der Waals surface area contributed by atoms with E-state index in [9.17, 15) is 13.2 Å². The summed E-state index contributed by atoms with van der Waals surface area (Å²) in [7, 11) is 0. The molecule has 0 aliphatic rings. The fourth-order valence-electron chi connectivity index (χ4n) is 2.33. The standard InChI is InChI=1S/C17H18F3N/c1-10-7-17(20)15(9-16(10)19)12(3)21-11(2)13-5-4-6-14(18)8-13/h4-9,11-12,21H,1-3H3. The molecule has 0 amide bonds. The summed E-state index contributed by atoms with van der Waals surface area (Å²) in [6, 6.07) is 8.04. The molecular weight excluding hydrogens is 275 g/mol. The van der Waals surface area contributed by atoms with Crippen LogP contribution in [0, 0.1) is 24.4 Å². The van der Waals surface area contributed by atoms with Crippen LogP contribution in [0.3, 0.4) is 0 Å². The molecule has 1 N–H and O–H groups in total. The Morgan fingerprint density at radius 1 is 0.905 bits per heavy atom. The first-order valence-corrected chi connectivity index (χ1v) is 6.85. The molecule has 0 aliphatic heterocycles. The number of halogens is 3. The van der Waals surface area contributed by atoms with E-state index in [2.05, 4.69) is 5.32 Å². The van der Waals surface area contributed by atoms with Crippen molar-refractivity contribution in [2.45, 2.75) is 32.9 Å². The number of benzene rings is 2.